The minimum absolute atomic E-state index is 0.544. The number of para-hydroxylation sites is 1. The Morgan fingerprint density at radius 1 is 0.551 bits per heavy atom. The smallest absolute Gasteiger partial charge is 0.220 e. The largest absolute Gasteiger partial charge is 0.456 e. The molecule has 0 amide bonds. The number of imidazole rings is 1. The second kappa shape index (κ2) is 11.5. The van der Waals surface area contributed by atoms with Crippen LogP contribution in [0.2, 0.25) is 0 Å². The van der Waals surface area contributed by atoms with Gasteiger partial charge in [0.25, 0.3) is 0 Å². The second-order valence-corrected chi connectivity index (χ2v) is 11.9. The minimum Gasteiger partial charge on any atom is -0.456 e. The van der Waals surface area contributed by atoms with Crippen molar-refractivity contribution in [2.24, 2.45) is 0 Å². The SMILES string of the molecule is Cc1ccccc1-c1cccc2nc(-c3cccc4oc5ccc(-c6nc(-c7ccccc7)nc(-c7ccccc7)n6)cc5c34)n(C=O)c12. The van der Waals surface area contributed by atoms with Crippen LogP contribution in [0.25, 0.3) is 89.7 Å². The van der Waals surface area contributed by atoms with Crippen LogP contribution in [0.1, 0.15) is 5.56 Å². The van der Waals surface area contributed by atoms with E-state index < -0.39 is 0 Å². The van der Waals surface area contributed by atoms with E-state index in [0.29, 0.717) is 34.5 Å². The molecular weight excluding hydrogens is 606 g/mol. The number of nitrogens with zero attached hydrogens (tertiary/aromatic N) is 5. The van der Waals surface area contributed by atoms with Gasteiger partial charge in [-0.3, -0.25) is 9.36 Å². The number of aryl methyl sites for hydroxylation is 1. The molecule has 3 aromatic heterocycles. The lowest BCUT2D eigenvalue weighted by Gasteiger charge is -2.09. The average Bonchev–Trinajstić information content (AvgIpc) is 3.74. The Balaban J connectivity index is 1.26. The molecule has 49 heavy (non-hydrogen) atoms. The van der Waals surface area contributed by atoms with Gasteiger partial charge in [-0.25, -0.2) is 19.9 Å². The van der Waals surface area contributed by atoms with Gasteiger partial charge in [0.15, 0.2) is 17.5 Å². The summed E-state index contributed by atoms with van der Waals surface area (Å²) in [6.07, 6.45) is 0.847. The summed E-state index contributed by atoms with van der Waals surface area (Å²) in [6, 6.07) is 45.8. The summed E-state index contributed by atoms with van der Waals surface area (Å²) in [5, 5.41) is 1.73. The van der Waals surface area contributed by atoms with Crippen molar-refractivity contribution in [1.29, 1.82) is 0 Å². The number of hydrogen-bond donors (Lipinski definition) is 0. The number of aromatic nitrogens is 5. The lowest BCUT2D eigenvalue weighted by atomic mass is 9.99. The molecule has 0 fully saturated rings. The molecule has 0 aliphatic heterocycles. The number of rotatable bonds is 6. The van der Waals surface area contributed by atoms with Gasteiger partial charge < -0.3 is 4.42 Å². The highest BCUT2D eigenvalue weighted by atomic mass is 16.3. The molecule has 0 unspecified atom stereocenters. The lowest BCUT2D eigenvalue weighted by molar-refractivity contribution is 0.549. The molecule has 0 atom stereocenters. The highest BCUT2D eigenvalue weighted by molar-refractivity contribution is 6.14. The van der Waals surface area contributed by atoms with E-state index in [1.54, 1.807) is 4.57 Å². The van der Waals surface area contributed by atoms with E-state index in [1.165, 1.54) is 0 Å². The van der Waals surface area contributed by atoms with E-state index >= 15 is 0 Å². The van der Waals surface area contributed by atoms with Crippen LogP contribution in [-0.2, 0) is 4.79 Å². The van der Waals surface area contributed by atoms with E-state index in [9.17, 15) is 4.79 Å². The Hall–Kier alpha value is -6.73. The minimum atomic E-state index is 0.544. The highest BCUT2D eigenvalue weighted by Gasteiger charge is 2.22. The summed E-state index contributed by atoms with van der Waals surface area (Å²) < 4.78 is 8.02. The first-order valence-corrected chi connectivity index (χ1v) is 16.0. The van der Waals surface area contributed by atoms with Crippen molar-refractivity contribution in [2.75, 3.05) is 0 Å². The Kier molecular flexibility index (Phi) is 6.69. The highest BCUT2D eigenvalue weighted by Crippen LogP contribution is 2.40. The summed E-state index contributed by atoms with van der Waals surface area (Å²) in [7, 11) is 0. The van der Waals surface area contributed by atoms with Gasteiger partial charge in [-0.15, -0.1) is 0 Å². The first kappa shape index (κ1) is 28.5. The fourth-order valence-electron chi connectivity index (χ4n) is 6.62. The zero-order chi connectivity index (χ0) is 32.9. The number of furan rings is 1. The lowest BCUT2D eigenvalue weighted by Crippen LogP contribution is -2.00. The molecule has 3 heterocycles. The van der Waals surface area contributed by atoms with Crippen LogP contribution in [0.4, 0.5) is 0 Å². The van der Waals surface area contributed by atoms with Crippen molar-refractivity contribution < 1.29 is 9.21 Å². The van der Waals surface area contributed by atoms with E-state index in [-0.39, 0.29) is 0 Å². The molecule has 0 N–H and O–H groups in total. The Labute approximate surface area is 281 Å². The van der Waals surface area contributed by atoms with Crippen LogP contribution in [0.3, 0.4) is 0 Å². The Morgan fingerprint density at radius 2 is 1.16 bits per heavy atom. The van der Waals surface area contributed by atoms with Gasteiger partial charge in [0.05, 0.1) is 11.0 Å². The van der Waals surface area contributed by atoms with E-state index in [2.05, 4.69) is 25.1 Å². The van der Waals surface area contributed by atoms with E-state index in [4.69, 9.17) is 24.4 Å². The summed E-state index contributed by atoms with van der Waals surface area (Å²) in [4.78, 5) is 32.6. The number of hydrogen-bond acceptors (Lipinski definition) is 6. The summed E-state index contributed by atoms with van der Waals surface area (Å²) in [6.45, 7) is 2.07. The predicted octanol–water partition coefficient (Wildman–Crippen LogP) is 9.80. The molecule has 0 aliphatic rings. The fourth-order valence-corrected chi connectivity index (χ4v) is 6.62. The van der Waals surface area contributed by atoms with Crippen LogP contribution in [0.15, 0.2) is 144 Å². The molecule has 0 aliphatic carbocycles. The van der Waals surface area contributed by atoms with Gasteiger partial charge in [-0.1, -0.05) is 109 Å². The van der Waals surface area contributed by atoms with Crippen LogP contribution >= 0.6 is 0 Å². The van der Waals surface area contributed by atoms with Gasteiger partial charge in [0.1, 0.15) is 17.0 Å². The quantitative estimate of drug-likeness (QED) is 0.169. The Bertz CT molecular complexity index is 2640. The normalized spacial score (nSPS) is 11.4. The van der Waals surface area contributed by atoms with E-state index in [1.807, 2.05) is 121 Å². The fraction of sp³-hybridized carbons (Fsp3) is 0.0238. The first-order valence-electron chi connectivity index (χ1n) is 16.0. The van der Waals surface area contributed by atoms with Crippen molar-refractivity contribution >= 4 is 39.4 Å². The van der Waals surface area contributed by atoms with Gasteiger partial charge in [-0.2, -0.15) is 0 Å². The average molecular weight is 634 g/mol. The zero-order valence-electron chi connectivity index (χ0n) is 26.4. The molecule has 9 rings (SSSR count). The maximum Gasteiger partial charge on any atom is 0.220 e. The second-order valence-electron chi connectivity index (χ2n) is 11.9. The number of carbonyl (C=O) groups excluding carboxylic acids is 1. The first-order chi connectivity index (χ1) is 24.2. The van der Waals surface area contributed by atoms with Gasteiger partial charge in [0.2, 0.25) is 6.41 Å². The topological polar surface area (TPSA) is 86.7 Å². The molecule has 7 heteroatoms. The predicted molar refractivity (Wildman–Crippen MR) is 194 cm³/mol. The van der Waals surface area contributed by atoms with Gasteiger partial charge in [-0.05, 0) is 48.4 Å². The van der Waals surface area contributed by atoms with Crippen LogP contribution in [0.5, 0.6) is 0 Å². The summed E-state index contributed by atoms with van der Waals surface area (Å²) >= 11 is 0. The molecule has 0 saturated heterocycles. The molecular formula is C42H27N5O2. The Morgan fingerprint density at radius 3 is 1.86 bits per heavy atom. The summed E-state index contributed by atoms with van der Waals surface area (Å²) in [5.74, 6) is 2.27. The van der Waals surface area contributed by atoms with Crippen molar-refractivity contribution in [2.45, 2.75) is 6.92 Å². The van der Waals surface area contributed by atoms with Crippen LogP contribution in [0, 0.1) is 6.92 Å². The van der Waals surface area contributed by atoms with Crippen molar-refractivity contribution in [3.8, 4) is 56.7 Å². The van der Waals surface area contributed by atoms with Gasteiger partial charge in [0, 0.05) is 38.6 Å². The molecule has 9 aromatic rings. The van der Waals surface area contributed by atoms with E-state index in [0.717, 1.165) is 67.2 Å². The zero-order valence-corrected chi connectivity index (χ0v) is 26.4. The van der Waals surface area contributed by atoms with Crippen molar-refractivity contribution in [3.63, 3.8) is 0 Å². The van der Waals surface area contributed by atoms with Crippen molar-refractivity contribution in [1.82, 2.24) is 24.5 Å². The summed E-state index contributed by atoms with van der Waals surface area (Å²) in [5.41, 5.74) is 9.43. The third kappa shape index (κ3) is 4.79. The molecule has 6 aromatic carbocycles. The van der Waals surface area contributed by atoms with Gasteiger partial charge >= 0.3 is 0 Å². The van der Waals surface area contributed by atoms with Crippen molar-refractivity contribution in [3.05, 3.63) is 145 Å². The number of fused-ring (bicyclic) bond motifs is 4. The standard InChI is InChI=1S/C42H27N5O2/c1-26-12-8-9-17-30(26)31-18-10-20-34-38(31)47(25-48)42(43-34)32-19-11-21-36-37(32)33-24-29(22-23-35(33)49-36)41-45-39(27-13-4-2-5-14-27)44-40(46-41)28-15-6-3-7-16-28/h2-25H,1H3. The monoisotopic (exact) mass is 633 g/mol. The molecule has 0 radical (unpaired) electrons. The molecule has 0 bridgehead atoms. The maximum atomic E-state index is 12.9. The number of benzene rings is 6. The molecule has 232 valence electrons. The van der Waals surface area contributed by atoms with Crippen LogP contribution < -0.4 is 0 Å². The maximum absolute atomic E-state index is 12.9. The molecule has 7 nitrogen and oxygen atoms in total. The number of carbonyl (C=O) groups is 1. The molecule has 0 spiro atoms. The third-order valence-electron chi connectivity index (χ3n) is 8.94. The van der Waals surface area contributed by atoms with Crippen LogP contribution in [-0.4, -0.2) is 30.9 Å². The molecule has 0 saturated carbocycles. The third-order valence-corrected chi connectivity index (χ3v) is 8.94.